The summed E-state index contributed by atoms with van der Waals surface area (Å²) in [4.78, 5) is 23.0. The van der Waals surface area contributed by atoms with E-state index in [1.165, 1.54) is 11.1 Å². The van der Waals surface area contributed by atoms with Crippen molar-refractivity contribution in [1.82, 2.24) is 24.5 Å². The highest BCUT2D eigenvalue weighted by Gasteiger charge is 2.30. The fraction of sp³-hybridized carbons (Fsp3) is 0.333. The van der Waals surface area contributed by atoms with Crippen LogP contribution in [0.1, 0.15) is 39.8 Å². The maximum absolute atomic E-state index is 12.7. The Morgan fingerprint density at radius 2 is 2.04 bits per heavy atom. The van der Waals surface area contributed by atoms with Gasteiger partial charge in [-0.25, -0.2) is 9.50 Å². The number of benzene rings is 1. The Balaban J connectivity index is 1.57. The highest BCUT2D eigenvalue weighted by atomic mass is 16.2. The molecule has 1 saturated heterocycles. The number of likely N-dealkylation sites (tertiary alicyclic amines) is 1. The molecule has 122 valence electrons. The second-order valence-electron chi connectivity index (χ2n) is 6.33. The minimum Gasteiger partial charge on any atom is -0.335 e. The number of amides is 1. The zero-order chi connectivity index (χ0) is 16.7. The van der Waals surface area contributed by atoms with Gasteiger partial charge in [-0.15, -0.1) is 5.10 Å². The van der Waals surface area contributed by atoms with Crippen molar-refractivity contribution in [2.24, 2.45) is 0 Å². The van der Waals surface area contributed by atoms with Gasteiger partial charge in [0.25, 0.3) is 11.7 Å². The summed E-state index contributed by atoms with van der Waals surface area (Å²) in [6.07, 6.45) is 2.65. The molecule has 4 rings (SSSR count). The molecule has 1 aliphatic rings. The number of hydrogen-bond donors (Lipinski definition) is 0. The van der Waals surface area contributed by atoms with Crippen molar-refractivity contribution >= 4 is 11.7 Å². The molecule has 0 radical (unpaired) electrons. The molecule has 6 heteroatoms. The first-order chi connectivity index (χ1) is 11.6. The minimum absolute atomic E-state index is 0.115. The van der Waals surface area contributed by atoms with E-state index in [9.17, 15) is 4.79 Å². The molecule has 0 N–H and O–H groups in total. The average Bonchev–Trinajstić information content (AvgIpc) is 3.22. The quantitative estimate of drug-likeness (QED) is 0.727. The van der Waals surface area contributed by atoms with Crippen LogP contribution in [0.4, 0.5) is 0 Å². The summed E-state index contributed by atoms with van der Waals surface area (Å²) in [7, 11) is 0. The number of nitrogens with zero attached hydrogens (tertiary/aromatic N) is 5. The molecule has 0 aliphatic carbocycles. The van der Waals surface area contributed by atoms with Crippen LogP contribution >= 0.6 is 0 Å². The summed E-state index contributed by atoms with van der Waals surface area (Å²) < 4.78 is 1.61. The maximum atomic E-state index is 12.7. The number of carbonyl (C=O) groups is 1. The summed E-state index contributed by atoms with van der Waals surface area (Å²) in [5.41, 5.74) is 3.52. The van der Waals surface area contributed by atoms with Gasteiger partial charge in [-0.1, -0.05) is 24.3 Å². The fourth-order valence-corrected chi connectivity index (χ4v) is 3.38. The van der Waals surface area contributed by atoms with Crippen molar-refractivity contribution in [3.05, 3.63) is 59.2 Å². The fourth-order valence-electron chi connectivity index (χ4n) is 3.38. The molecule has 24 heavy (non-hydrogen) atoms. The van der Waals surface area contributed by atoms with Crippen LogP contribution in [-0.2, 0) is 0 Å². The van der Waals surface area contributed by atoms with Gasteiger partial charge in [-0.2, -0.15) is 4.98 Å². The molecule has 0 bridgehead atoms. The lowest BCUT2D eigenvalue weighted by Crippen LogP contribution is -2.29. The molecule has 1 aliphatic heterocycles. The van der Waals surface area contributed by atoms with Crippen LogP contribution in [-0.4, -0.2) is 43.5 Å². The SMILES string of the molecule is Cc1ccccc1[C@@H]1CCN(C(=O)c2nc3nccc(C)n3n2)C1. The van der Waals surface area contributed by atoms with E-state index in [-0.39, 0.29) is 11.7 Å². The van der Waals surface area contributed by atoms with Gasteiger partial charge in [-0.3, -0.25) is 4.79 Å². The first kappa shape index (κ1) is 14.8. The average molecular weight is 321 g/mol. The van der Waals surface area contributed by atoms with Crippen LogP contribution in [0.2, 0.25) is 0 Å². The lowest BCUT2D eigenvalue weighted by atomic mass is 9.94. The number of rotatable bonds is 2. The predicted octanol–water partition coefficient (Wildman–Crippen LogP) is 2.37. The topological polar surface area (TPSA) is 63.4 Å². The van der Waals surface area contributed by atoms with Crippen molar-refractivity contribution in [3.63, 3.8) is 0 Å². The van der Waals surface area contributed by atoms with Gasteiger partial charge in [0.1, 0.15) is 0 Å². The van der Waals surface area contributed by atoms with Gasteiger partial charge in [0.05, 0.1) is 0 Å². The van der Waals surface area contributed by atoms with Gasteiger partial charge in [0.15, 0.2) is 0 Å². The van der Waals surface area contributed by atoms with Gasteiger partial charge in [-0.05, 0) is 37.5 Å². The maximum Gasteiger partial charge on any atom is 0.293 e. The van der Waals surface area contributed by atoms with Gasteiger partial charge >= 0.3 is 0 Å². The molecule has 1 aromatic carbocycles. The summed E-state index contributed by atoms with van der Waals surface area (Å²) in [6, 6.07) is 10.2. The molecule has 3 aromatic rings. The molecule has 0 saturated carbocycles. The largest absolute Gasteiger partial charge is 0.335 e. The molecule has 1 fully saturated rings. The third-order valence-corrected chi connectivity index (χ3v) is 4.72. The van der Waals surface area contributed by atoms with Crippen molar-refractivity contribution in [1.29, 1.82) is 0 Å². The Labute approximate surface area is 140 Å². The molecule has 3 heterocycles. The second-order valence-corrected chi connectivity index (χ2v) is 6.33. The standard InChI is InChI=1S/C18H19N5O/c1-12-5-3-4-6-15(12)14-8-10-22(11-14)17(24)16-20-18-19-9-7-13(2)23(18)21-16/h3-7,9,14H,8,10-11H2,1-2H3/t14-/m1/s1. The minimum atomic E-state index is -0.115. The summed E-state index contributed by atoms with van der Waals surface area (Å²) in [6.45, 7) is 5.49. The van der Waals surface area contributed by atoms with Gasteiger partial charge in [0.2, 0.25) is 5.82 Å². The number of hydrogen-bond acceptors (Lipinski definition) is 4. The molecule has 1 atom stereocenters. The highest BCUT2D eigenvalue weighted by molar-refractivity contribution is 5.91. The van der Waals surface area contributed by atoms with E-state index in [1.807, 2.05) is 24.0 Å². The molecular weight excluding hydrogens is 302 g/mol. The van der Waals surface area contributed by atoms with Crippen LogP contribution in [0.5, 0.6) is 0 Å². The van der Waals surface area contributed by atoms with Crippen molar-refractivity contribution in [2.45, 2.75) is 26.2 Å². The zero-order valence-corrected chi connectivity index (χ0v) is 13.8. The molecular formula is C18H19N5O. The van der Waals surface area contributed by atoms with E-state index >= 15 is 0 Å². The summed E-state index contributed by atoms with van der Waals surface area (Å²) in [5.74, 6) is 0.957. The van der Waals surface area contributed by atoms with E-state index in [2.05, 4.69) is 40.2 Å². The van der Waals surface area contributed by atoms with E-state index in [0.717, 1.165) is 18.7 Å². The van der Waals surface area contributed by atoms with Crippen LogP contribution in [0.25, 0.3) is 5.78 Å². The third kappa shape index (κ3) is 2.44. The normalized spacial score (nSPS) is 17.6. The van der Waals surface area contributed by atoms with E-state index in [1.54, 1.807) is 10.7 Å². The van der Waals surface area contributed by atoms with Crippen LogP contribution in [0.3, 0.4) is 0 Å². The van der Waals surface area contributed by atoms with Crippen molar-refractivity contribution < 1.29 is 4.79 Å². The van der Waals surface area contributed by atoms with Crippen molar-refractivity contribution in [2.75, 3.05) is 13.1 Å². The highest BCUT2D eigenvalue weighted by Crippen LogP contribution is 2.29. The van der Waals surface area contributed by atoms with E-state index < -0.39 is 0 Å². The summed E-state index contributed by atoms with van der Waals surface area (Å²) >= 11 is 0. The molecule has 6 nitrogen and oxygen atoms in total. The number of aromatic nitrogens is 4. The lowest BCUT2D eigenvalue weighted by Gasteiger charge is -2.16. The predicted molar refractivity (Wildman–Crippen MR) is 90.0 cm³/mol. The van der Waals surface area contributed by atoms with Crippen LogP contribution in [0.15, 0.2) is 36.5 Å². The van der Waals surface area contributed by atoms with E-state index in [0.29, 0.717) is 18.2 Å². The third-order valence-electron chi connectivity index (χ3n) is 4.72. The molecule has 0 unspecified atom stereocenters. The molecule has 1 amide bonds. The molecule has 0 spiro atoms. The number of fused-ring (bicyclic) bond motifs is 1. The smallest absolute Gasteiger partial charge is 0.293 e. The van der Waals surface area contributed by atoms with Gasteiger partial charge < -0.3 is 4.90 Å². The van der Waals surface area contributed by atoms with Gasteiger partial charge in [0, 0.05) is 30.9 Å². The Hall–Kier alpha value is -2.76. The Kier molecular flexibility index (Phi) is 3.52. The Bertz CT molecular complexity index is 917. The molecule has 2 aromatic heterocycles. The summed E-state index contributed by atoms with van der Waals surface area (Å²) in [5, 5.41) is 4.32. The zero-order valence-electron chi connectivity index (χ0n) is 13.8. The lowest BCUT2D eigenvalue weighted by molar-refractivity contribution is 0.0779. The number of aryl methyl sites for hydroxylation is 2. The Morgan fingerprint density at radius 1 is 1.21 bits per heavy atom. The monoisotopic (exact) mass is 321 g/mol. The van der Waals surface area contributed by atoms with Crippen molar-refractivity contribution in [3.8, 4) is 0 Å². The Morgan fingerprint density at radius 3 is 2.83 bits per heavy atom. The number of carbonyl (C=O) groups excluding carboxylic acids is 1. The van der Waals surface area contributed by atoms with Crippen LogP contribution in [0, 0.1) is 13.8 Å². The van der Waals surface area contributed by atoms with E-state index in [4.69, 9.17) is 0 Å². The first-order valence-corrected chi connectivity index (χ1v) is 8.16. The first-order valence-electron chi connectivity index (χ1n) is 8.16. The van der Waals surface area contributed by atoms with Crippen LogP contribution < -0.4 is 0 Å². The second kappa shape index (κ2) is 5.70.